The van der Waals surface area contributed by atoms with Crippen LogP contribution in [0.1, 0.15) is 18.1 Å². The number of aryl methyl sites for hydroxylation is 1. The summed E-state index contributed by atoms with van der Waals surface area (Å²) in [5.74, 6) is 0.302. The molecular formula is C13H20ClN3. The summed E-state index contributed by atoms with van der Waals surface area (Å²) in [5.41, 5.74) is 7.73. The maximum absolute atomic E-state index is 7.37. The summed E-state index contributed by atoms with van der Waals surface area (Å²) >= 11 is 6.18. The zero-order chi connectivity index (χ0) is 13.0. The van der Waals surface area contributed by atoms with Crippen molar-refractivity contribution >= 4 is 17.4 Å². The highest BCUT2D eigenvalue weighted by molar-refractivity contribution is 6.31. The van der Waals surface area contributed by atoms with Gasteiger partial charge in [0, 0.05) is 24.0 Å². The first-order valence-corrected chi connectivity index (χ1v) is 6.05. The standard InChI is InChI=1S/C13H20ClN3/c1-9-4-5-11(12(14)6-9)8-17(3)7-10(2)13(15)16/h4-6,10H,7-8H2,1-3H3,(H3,15,16). The SMILES string of the molecule is Cc1ccc(CN(C)CC(C)C(=N)N)c(Cl)c1. The molecule has 1 aromatic rings. The van der Waals surface area contributed by atoms with Crippen LogP contribution in [0.25, 0.3) is 0 Å². The van der Waals surface area contributed by atoms with Crippen molar-refractivity contribution < 1.29 is 0 Å². The van der Waals surface area contributed by atoms with Crippen molar-refractivity contribution in [3.8, 4) is 0 Å². The fourth-order valence-corrected chi connectivity index (χ4v) is 2.00. The molecule has 1 aromatic carbocycles. The first-order valence-electron chi connectivity index (χ1n) is 5.67. The fourth-order valence-electron chi connectivity index (χ4n) is 1.70. The maximum atomic E-state index is 7.37. The highest BCUT2D eigenvalue weighted by Crippen LogP contribution is 2.19. The Morgan fingerprint density at radius 3 is 2.71 bits per heavy atom. The molecular weight excluding hydrogens is 234 g/mol. The second-order valence-electron chi connectivity index (χ2n) is 4.65. The molecule has 0 spiro atoms. The number of rotatable bonds is 5. The van der Waals surface area contributed by atoms with E-state index in [1.54, 1.807) is 0 Å². The Labute approximate surface area is 108 Å². The van der Waals surface area contributed by atoms with Gasteiger partial charge in [-0.25, -0.2) is 0 Å². The van der Waals surface area contributed by atoms with Gasteiger partial charge in [0.1, 0.15) is 0 Å². The van der Waals surface area contributed by atoms with Gasteiger partial charge in [0.05, 0.1) is 5.84 Å². The number of benzene rings is 1. The lowest BCUT2D eigenvalue weighted by Gasteiger charge is -2.21. The minimum absolute atomic E-state index is 0.0734. The number of hydrogen-bond donors (Lipinski definition) is 2. The Morgan fingerprint density at radius 1 is 1.53 bits per heavy atom. The monoisotopic (exact) mass is 253 g/mol. The molecule has 17 heavy (non-hydrogen) atoms. The maximum Gasteiger partial charge on any atom is 0.0947 e. The zero-order valence-corrected chi connectivity index (χ0v) is 11.4. The highest BCUT2D eigenvalue weighted by Gasteiger charge is 2.10. The molecule has 1 rings (SSSR count). The van der Waals surface area contributed by atoms with E-state index in [9.17, 15) is 0 Å². The molecule has 94 valence electrons. The molecule has 0 aliphatic rings. The quantitative estimate of drug-likeness (QED) is 0.626. The Morgan fingerprint density at radius 2 is 2.18 bits per heavy atom. The summed E-state index contributed by atoms with van der Waals surface area (Å²) in [4.78, 5) is 2.13. The summed E-state index contributed by atoms with van der Waals surface area (Å²) in [7, 11) is 2.01. The number of amidine groups is 1. The summed E-state index contributed by atoms with van der Waals surface area (Å²) in [6, 6.07) is 6.08. The third-order valence-electron chi connectivity index (χ3n) is 2.77. The van der Waals surface area contributed by atoms with Crippen molar-refractivity contribution in [3.63, 3.8) is 0 Å². The van der Waals surface area contributed by atoms with Crippen LogP contribution in [0.4, 0.5) is 0 Å². The molecule has 0 aromatic heterocycles. The van der Waals surface area contributed by atoms with Crippen LogP contribution < -0.4 is 5.73 Å². The summed E-state index contributed by atoms with van der Waals surface area (Å²) in [6.07, 6.45) is 0. The fraction of sp³-hybridized carbons (Fsp3) is 0.462. The van der Waals surface area contributed by atoms with Gasteiger partial charge in [-0.1, -0.05) is 30.7 Å². The first kappa shape index (κ1) is 14.0. The Kier molecular flexibility index (Phi) is 4.97. The predicted octanol–water partition coefficient (Wildman–Crippen LogP) is 2.65. The van der Waals surface area contributed by atoms with Crippen molar-refractivity contribution in [1.29, 1.82) is 5.41 Å². The smallest absolute Gasteiger partial charge is 0.0947 e. The van der Waals surface area contributed by atoms with E-state index in [2.05, 4.69) is 11.0 Å². The van der Waals surface area contributed by atoms with Gasteiger partial charge < -0.3 is 10.6 Å². The van der Waals surface area contributed by atoms with Gasteiger partial charge >= 0.3 is 0 Å². The lowest BCUT2D eigenvalue weighted by atomic mass is 10.1. The molecule has 0 amide bonds. The minimum atomic E-state index is 0.0734. The van der Waals surface area contributed by atoms with Crippen LogP contribution in [-0.4, -0.2) is 24.3 Å². The van der Waals surface area contributed by atoms with Gasteiger partial charge in [-0.15, -0.1) is 0 Å². The largest absolute Gasteiger partial charge is 0.387 e. The molecule has 3 nitrogen and oxygen atoms in total. The average molecular weight is 254 g/mol. The van der Waals surface area contributed by atoms with E-state index in [1.165, 1.54) is 5.56 Å². The van der Waals surface area contributed by atoms with Gasteiger partial charge in [-0.3, -0.25) is 5.41 Å². The van der Waals surface area contributed by atoms with Crippen molar-refractivity contribution in [2.24, 2.45) is 11.7 Å². The molecule has 0 fully saturated rings. The Bertz CT molecular complexity index is 404. The number of nitrogens with one attached hydrogen (secondary N) is 1. The molecule has 0 heterocycles. The van der Waals surface area contributed by atoms with Gasteiger partial charge in [0.15, 0.2) is 0 Å². The van der Waals surface area contributed by atoms with Crippen molar-refractivity contribution in [3.05, 3.63) is 34.3 Å². The predicted molar refractivity (Wildman–Crippen MR) is 73.6 cm³/mol. The minimum Gasteiger partial charge on any atom is -0.387 e. The summed E-state index contributed by atoms with van der Waals surface area (Å²) in [6.45, 7) is 5.52. The molecule has 4 heteroatoms. The van der Waals surface area contributed by atoms with Gasteiger partial charge in [0.25, 0.3) is 0 Å². The lowest BCUT2D eigenvalue weighted by Crippen LogP contribution is -2.31. The average Bonchev–Trinajstić information content (AvgIpc) is 2.22. The summed E-state index contributed by atoms with van der Waals surface area (Å²) < 4.78 is 0. The van der Waals surface area contributed by atoms with Crippen LogP contribution in [0, 0.1) is 18.3 Å². The van der Waals surface area contributed by atoms with Crippen LogP contribution in [0.5, 0.6) is 0 Å². The molecule has 1 atom stereocenters. The van der Waals surface area contributed by atoms with E-state index >= 15 is 0 Å². The van der Waals surface area contributed by atoms with E-state index in [4.69, 9.17) is 22.7 Å². The number of hydrogen-bond acceptors (Lipinski definition) is 2. The van der Waals surface area contributed by atoms with E-state index < -0.39 is 0 Å². The molecule has 0 aliphatic heterocycles. The molecule has 0 radical (unpaired) electrons. The van der Waals surface area contributed by atoms with Crippen LogP contribution >= 0.6 is 11.6 Å². The van der Waals surface area contributed by atoms with E-state index in [-0.39, 0.29) is 11.8 Å². The molecule has 3 N–H and O–H groups in total. The van der Waals surface area contributed by atoms with Crippen molar-refractivity contribution in [1.82, 2.24) is 4.90 Å². The second-order valence-corrected chi connectivity index (χ2v) is 5.06. The number of nitrogens with two attached hydrogens (primary N) is 1. The van der Waals surface area contributed by atoms with Crippen molar-refractivity contribution in [2.75, 3.05) is 13.6 Å². The molecule has 0 aliphatic carbocycles. The van der Waals surface area contributed by atoms with Crippen molar-refractivity contribution in [2.45, 2.75) is 20.4 Å². The highest BCUT2D eigenvalue weighted by atomic mass is 35.5. The molecule has 0 bridgehead atoms. The summed E-state index contributed by atoms with van der Waals surface area (Å²) in [5, 5.41) is 8.17. The Hall–Kier alpha value is -1.06. The third kappa shape index (κ3) is 4.36. The topological polar surface area (TPSA) is 53.1 Å². The third-order valence-corrected chi connectivity index (χ3v) is 3.12. The normalized spacial score (nSPS) is 12.8. The molecule has 1 unspecified atom stereocenters. The second kappa shape index (κ2) is 6.03. The zero-order valence-electron chi connectivity index (χ0n) is 10.6. The van der Waals surface area contributed by atoms with E-state index in [0.29, 0.717) is 0 Å². The van der Waals surface area contributed by atoms with Crippen LogP contribution in [-0.2, 0) is 6.54 Å². The van der Waals surface area contributed by atoms with Crippen LogP contribution in [0.15, 0.2) is 18.2 Å². The Balaban J connectivity index is 2.62. The van der Waals surface area contributed by atoms with Crippen LogP contribution in [0.3, 0.4) is 0 Å². The van der Waals surface area contributed by atoms with E-state index in [0.717, 1.165) is 23.7 Å². The molecule has 0 saturated heterocycles. The molecule has 0 saturated carbocycles. The van der Waals surface area contributed by atoms with E-state index in [1.807, 2.05) is 33.0 Å². The van der Waals surface area contributed by atoms with Gasteiger partial charge in [0.2, 0.25) is 0 Å². The first-order chi connectivity index (χ1) is 7.90. The lowest BCUT2D eigenvalue weighted by molar-refractivity contribution is 0.306. The van der Waals surface area contributed by atoms with Crippen LogP contribution in [0.2, 0.25) is 5.02 Å². The van der Waals surface area contributed by atoms with Gasteiger partial charge in [-0.2, -0.15) is 0 Å². The van der Waals surface area contributed by atoms with Gasteiger partial charge in [-0.05, 0) is 31.2 Å². The number of nitrogens with zero attached hydrogens (tertiary/aromatic N) is 1. The number of halogens is 1.